The van der Waals surface area contributed by atoms with Gasteiger partial charge < -0.3 is 14.2 Å². The summed E-state index contributed by atoms with van der Waals surface area (Å²) in [6.45, 7) is 0.195. The molecule has 0 radical (unpaired) electrons. The summed E-state index contributed by atoms with van der Waals surface area (Å²) in [5.74, 6) is 0.0869. The van der Waals surface area contributed by atoms with E-state index in [0.29, 0.717) is 12.2 Å². The summed E-state index contributed by atoms with van der Waals surface area (Å²) in [7, 11) is 3.06. The van der Waals surface area contributed by atoms with Gasteiger partial charge in [0, 0.05) is 11.5 Å². The highest BCUT2D eigenvalue weighted by Gasteiger charge is 2.44. The van der Waals surface area contributed by atoms with E-state index in [1.807, 2.05) is 48.5 Å². The number of amides is 1. The Bertz CT molecular complexity index is 1260. The first-order chi connectivity index (χ1) is 17.1. The molecule has 0 aromatic heterocycles. The van der Waals surface area contributed by atoms with Crippen molar-refractivity contribution in [2.75, 3.05) is 20.8 Å². The Balaban J connectivity index is 1.46. The van der Waals surface area contributed by atoms with E-state index < -0.39 is 11.9 Å². The largest absolute Gasteiger partial charge is 0.497 e. The normalized spacial score (nSPS) is 18.5. The molecule has 0 bridgehead atoms. The molecular formula is C28H27FN2O4. The number of hydrogen-bond donors (Lipinski definition) is 0. The zero-order chi connectivity index (χ0) is 24.4. The van der Waals surface area contributed by atoms with Crippen LogP contribution in [0.25, 0.3) is 0 Å². The molecule has 3 aromatic carbocycles. The molecular weight excluding hydrogens is 447 g/mol. The van der Waals surface area contributed by atoms with Crippen molar-refractivity contribution in [3.05, 3.63) is 94.8 Å². The molecule has 0 saturated carbocycles. The predicted molar refractivity (Wildman–Crippen MR) is 130 cm³/mol. The minimum Gasteiger partial charge on any atom is -0.497 e. The van der Waals surface area contributed by atoms with E-state index in [4.69, 9.17) is 19.3 Å². The van der Waals surface area contributed by atoms with Gasteiger partial charge in [0.1, 0.15) is 12.4 Å². The average Bonchev–Trinajstić information content (AvgIpc) is 3.29. The van der Waals surface area contributed by atoms with E-state index in [0.717, 1.165) is 41.0 Å². The summed E-state index contributed by atoms with van der Waals surface area (Å²) in [6, 6.07) is 20.0. The lowest BCUT2D eigenvalue weighted by atomic mass is 9.77. The third-order valence-corrected chi connectivity index (χ3v) is 6.64. The Kier molecular flexibility index (Phi) is 6.51. The number of nitrogens with zero attached hydrogens (tertiary/aromatic N) is 2. The van der Waals surface area contributed by atoms with Crippen molar-refractivity contribution in [1.29, 1.82) is 0 Å². The molecule has 0 spiro atoms. The molecule has 2 atom stereocenters. The zero-order valence-electron chi connectivity index (χ0n) is 19.7. The molecule has 1 amide bonds. The van der Waals surface area contributed by atoms with Crippen molar-refractivity contribution in [3.63, 3.8) is 0 Å². The molecule has 5 rings (SSSR count). The maximum absolute atomic E-state index is 14.7. The van der Waals surface area contributed by atoms with Gasteiger partial charge in [0.15, 0.2) is 11.6 Å². The van der Waals surface area contributed by atoms with Crippen molar-refractivity contribution >= 4 is 11.6 Å². The van der Waals surface area contributed by atoms with Gasteiger partial charge in [0.2, 0.25) is 0 Å². The van der Waals surface area contributed by atoms with Gasteiger partial charge in [0.05, 0.1) is 32.6 Å². The Hall–Kier alpha value is -3.71. The van der Waals surface area contributed by atoms with E-state index in [9.17, 15) is 9.18 Å². The highest BCUT2D eigenvalue weighted by atomic mass is 19.1. The molecule has 6 nitrogen and oxygen atoms in total. The van der Waals surface area contributed by atoms with E-state index in [1.54, 1.807) is 19.2 Å². The third-order valence-electron chi connectivity index (χ3n) is 6.64. The van der Waals surface area contributed by atoms with E-state index in [2.05, 4.69) is 0 Å². The number of hydrogen-bond acceptors (Lipinski definition) is 5. The highest BCUT2D eigenvalue weighted by Crippen LogP contribution is 2.44. The van der Waals surface area contributed by atoms with Gasteiger partial charge in [-0.15, -0.1) is 0 Å². The van der Waals surface area contributed by atoms with Crippen molar-refractivity contribution in [2.45, 2.75) is 25.5 Å². The topological polar surface area (TPSA) is 60.4 Å². The van der Waals surface area contributed by atoms with Crippen LogP contribution in [0.5, 0.6) is 11.5 Å². The van der Waals surface area contributed by atoms with E-state index in [-0.39, 0.29) is 24.2 Å². The number of methoxy groups -OCH3 is 2. The van der Waals surface area contributed by atoms with Crippen LogP contribution in [0.15, 0.2) is 71.8 Å². The zero-order valence-corrected chi connectivity index (χ0v) is 19.7. The molecule has 1 heterocycles. The quantitative estimate of drug-likeness (QED) is 0.488. The first-order valence-corrected chi connectivity index (χ1v) is 11.6. The molecule has 0 unspecified atom stereocenters. The number of carbonyl (C=O) groups excluding carboxylic acids is 1. The summed E-state index contributed by atoms with van der Waals surface area (Å²) in [4.78, 5) is 13.4. The standard InChI is InChI=1S/C28H27FN2O4/c1-33-21-11-8-19-9-12-22-27(23(19)15-21)30-31(26(32)17-35-16-18-6-4-3-5-7-18)28(22)20-10-13-25(34-2)24(29)14-20/h3-8,10-11,13-15,22,28H,9,12,16-17H2,1-2H3/t22-,28-/m0/s1. The number of aryl methyl sites for hydroxylation is 1. The number of ether oxygens (including phenoxy) is 3. The molecule has 180 valence electrons. The Morgan fingerprint density at radius 2 is 1.89 bits per heavy atom. The smallest absolute Gasteiger partial charge is 0.269 e. The Morgan fingerprint density at radius 3 is 2.63 bits per heavy atom. The number of fused-ring (bicyclic) bond motifs is 3. The molecule has 7 heteroatoms. The maximum atomic E-state index is 14.7. The maximum Gasteiger partial charge on any atom is 0.269 e. The second-order valence-corrected chi connectivity index (χ2v) is 8.71. The fraction of sp³-hybridized carbons (Fsp3) is 0.286. The van der Waals surface area contributed by atoms with Crippen LogP contribution in [0, 0.1) is 11.7 Å². The van der Waals surface area contributed by atoms with Gasteiger partial charge in [-0.3, -0.25) is 4.79 Å². The van der Waals surface area contributed by atoms with Crippen molar-refractivity contribution in [1.82, 2.24) is 5.01 Å². The van der Waals surface area contributed by atoms with Gasteiger partial charge >= 0.3 is 0 Å². The lowest BCUT2D eigenvalue weighted by Crippen LogP contribution is -2.34. The lowest BCUT2D eigenvalue weighted by Gasteiger charge is -2.30. The number of benzene rings is 3. The molecule has 1 aliphatic heterocycles. The lowest BCUT2D eigenvalue weighted by molar-refractivity contribution is -0.139. The Morgan fingerprint density at radius 1 is 1.06 bits per heavy atom. The number of halogens is 1. The molecule has 35 heavy (non-hydrogen) atoms. The van der Waals surface area contributed by atoms with Crippen LogP contribution >= 0.6 is 0 Å². The van der Waals surface area contributed by atoms with Gasteiger partial charge in [0.25, 0.3) is 5.91 Å². The SMILES string of the molecule is COc1ccc2c(c1)C1=NN(C(=O)COCc3ccccc3)[C@@H](c3ccc(OC)c(F)c3)[C@H]1CC2. The predicted octanol–water partition coefficient (Wildman–Crippen LogP) is 4.91. The summed E-state index contributed by atoms with van der Waals surface area (Å²) >= 11 is 0. The second kappa shape index (κ2) is 9.88. The molecule has 2 aliphatic rings. The fourth-order valence-electron chi connectivity index (χ4n) is 4.92. The molecule has 0 N–H and O–H groups in total. The average molecular weight is 475 g/mol. The number of rotatable bonds is 7. The van der Waals surface area contributed by atoms with Gasteiger partial charge in [-0.05, 0) is 53.8 Å². The molecule has 0 fully saturated rings. The number of hydrazone groups is 1. The number of carbonyl (C=O) groups is 1. The summed E-state index contributed by atoms with van der Waals surface area (Å²) in [6.07, 6.45) is 1.63. The van der Waals surface area contributed by atoms with Crippen molar-refractivity contribution < 1.29 is 23.4 Å². The van der Waals surface area contributed by atoms with Gasteiger partial charge in [-0.1, -0.05) is 42.5 Å². The van der Waals surface area contributed by atoms with Crippen LogP contribution in [-0.4, -0.2) is 37.5 Å². The second-order valence-electron chi connectivity index (χ2n) is 8.71. The van der Waals surface area contributed by atoms with Crippen molar-refractivity contribution in [2.24, 2.45) is 11.0 Å². The minimum absolute atomic E-state index is 0.0690. The summed E-state index contributed by atoms with van der Waals surface area (Å²) in [5, 5.41) is 6.27. The van der Waals surface area contributed by atoms with Crippen LogP contribution in [0.3, 0.4) is 0 Å². The summed E-state index contributed by atoms with van der Waals surface area (Å²) < 4.78 is 30.9. The first-order valence-electron chi connectivity index (χ1n) is 11.6. The Labute approximate surface area is 203 Å². The fourth-order valence-corrected chi connectivity index (χ4v) is 4.92. The van der Waals surface area contributed by atoms with E-state index in [1.165, 1.54) is 18.2 Å². The van der Waals surface area contributed by atoms with Gasteiger partial charge in [-0.2, -0.15) is 5.10 Å². The third kappa shape index (κ3) is 4.51. The summed E-state index contributed by atoms with van der Waals surface area (Å²) in [5.41, 5.74) is 4.62. The van der Waals surface area contributed by atoms with E-state index >= 15 is 0 Å². The monoisotopic (exact) mass is 474 g/mol. The van der Waals surface area contributed by atoms with Crippen LogP contribution in [0.4, 0.5) is 4.39 Å². The molecule has 0 saturated heterocycles. The van der Waals surface area contributed by atoms with Crippen molar-refractivity contribution in [3.8, 4) is 11.5 Å². The molecule has 1 aliphatic carbocycles. The first kappa shape index (κ1) is 23.1. The van der Waals surface area contributed by atoms with Crippen LogP contribution < -0.4 is 9.47 Å². The highest BCUT2D eigenvalue weighted by molar-refractivity contribution is 6.07. The van der Waals surface area contributed by atoms with Crippen LogP contribution in [-0.2, 0) is 22.6 Å². The van der Waals surface area contributed by atoms with Crippen LogP contribution in [0.2, 0.25) is 0 Å². The molecule has 3 aromatic rings. The minimum atomic E-state index is -0.468. The van der Waals surface area contributed by atoms with Gasteiger partial charge in [-0.25, -0.2) is 9.40 Å². The van der Waals surface area contributed by atoms with Crippen LogP contribution in [0.1, 0.15) is 34.7 Å².